The lowest BCUT2D eigenvalue weighted by atomic mass is 9.91. The molecule has 0 spiro atoms. The summed E-state index contributed by atoms with van der Waals surface area (Å²) in [5.74, 6) is 0.543. The lowest BCUT2D eigenvalue weighted by molar-refractivity contribution is 0.680. The van der Waals surface area contributed by atoms with Gasteiger partial charge in [0.2, 0.25) is 0 Å². The maximum Gasteiger partial charge on any atom is 0.0454 e. The Morgan fingerprint density at radius 2 is 1.91 bits per heavy atom. The molecule has 0 saturated heterocycles. The number of para-hydroxylation sites is 1. The van der Waals surface area contributed by atoms with Crippen molar-refractivity contribution in [2.75, 3.05) is 5.32 Å². The first-order valence-electron chi connectivity index (χ1n) is 8.68. The smallest absolute Gasteiger partial charge is 0.0454 e. The number of thiophene rings is 1. The highest BCUT2D eigenvalue weighted by atomic mass is 32.1. The van der Waals surface area contributed by atoms with Crippen LogP contribution in [0, 0.1) is 13.8 Å². The summed E-state index contributed by atoms with van der Waals surface area (Å²) >= 11 is 1.98. The number of hydrogen-bond acceptors (Lipinski definition) is 2. The zero-order valence-corrected chi connectivity index (χ0v) is 15.5. The highest BCUT2D eigenvalue weighted by Crippen LogP contribution is 2.52. The topological polar surface area (TPSA) is 12.0 Å². The molecule has 1 N–H and O–H groups in total. The van der Waals surface area contributed by atoms with Crippen LogP contribution in [-0.2, 0) is 6.42 Å². The van der Waals surface area contributed by atoms with Gasteiger partial charge in [0.15, 0.2) is 0 Å². The van der Waals surface area contributed by atoms with Gasteiger partial charge in [-0.05, 0) is 57.2 Å². The first kappa shape index (κ1) is 15.0. The van der Waals surface area contributed by atoms with Crippen molar-refractivity contribution in [1.29, 1.82) is 0 Å². The van der Waals surface area contributed by atoms with Crippen molar-refractivity contribution in [3.8, 4) is 0 Å². The normalized spacial score (nSPS) is 22.8. The van der Waals surface area contributed by atoms with Crippen LogP contribution in [-0.4, -0.2) is 6.04 Å². The van der Waals surface area contributed by atoms with E-state index in [2.05, 4.69) is 58.1 Å². The van der Waals surface area contributed by atoms with Gasteiger partial charge in [-0.1, -0.05) is 30.7 Å². The molecule has 2 heteroatoms. The second kappa shape index (κ2) is 5.24. The molecule has 2 aromatic rings. The monoisotopic (exact) mass is 323 g/mol. The summed E-state index contributed by atoms with van der Waals surface area (Å²) in [7, 11) is 0. The Morgan fingerprint density at radius 1 is 1.13 bits per heavy atom. The van der Waals surface area contributed by atoms with Crippen LogP contribution in [0.2, 0.25) is 0 Å². The zero-order valence-electron chi connectivity index (χ0n) is 14.7. The van der Waals surface area contributed by atoms with Crippen LogP contribution in [0.4, 0.5) is 5.69 Å². The fourth-order valence-corrected chi connectivity index (χ4v) is 5.56. The van der Waals surface area contributed by atoms with E-state index in [1.165, 1.54) is 56.1 Å². The highest BCUT2D eigenvalue weighted by Gasteiger charge is 2.32. The average Bonchev–Trinajstić information content (AvgIpc) is 2.94. The molecule has 0 bridgehead atoms. The minimum Gasteiger partial charge on any atom is -0.382 e. The minimum absolute atomic E-state index is 0.543. The van der Waals surface area contributed by atoms with E-state index in [4.69, 9.17) is 0 Å². The predicted molar refractivity (Wildman–Crippen MR) is 102 cm³/mol. The number of allylic oxidation sites excluding steroid dienone is 1. The summed E-state index contributed by atoms with van der Waals surface area (Å²) in [5.41, 5.74) is 10.4. The number of aryl methyl sites for hydroxylation is 2. The third-order valence-electron chi connectivity index (χ3n) is 5.79. The fraction of sp³-hybridized carbons (Fsp3) is 0.429. The first-order valence-corrected chi connectivity index (χ1v) is 9.50. The Hall–Kier alpha value is -1.54. The molecule has 2 aliphatic rings. The second-order valence-corrected chi connectivity index (χ2v) is 8.45. The molecule has 0 amide bonds. The SMILES string of the molecule is CC1=C(c2cccc3c2NC(C)CC3)c2sc(C)c(C)c2C1C. The molecule has 1 aliphatic heterocycles. The summed E-state index contributed by atoms with van der Waals surface area (Å²) in [6, 6.07) is 7.41. The molecule has 2 heterocycles. The fourth-order valence-electron chi connectivity index (χ4n) is 4.18. The average molecular weight is 324 g/mol. The van der Waals surface area contributed by atoms with Crippen molar-refractivity contribution in [3.63, 3.8) is 0 Å². The Labute approximate surface area is 143 Å². The molecule has 1 aliphatic carbocycles. The number of hydrogen-bond donors (Lipinski definition) is 1. The van der Waals surface area contributed by atoms with Crippen molar-refractivity contribution in [1.82, 2.24) is 0 Å². The Bertz CT molecular complexity index is 825. The summed E-state index contributed by atoms with van der Waals surface area (Å²) in [4.78, 5) is 2.98. The van der Waals surface area contributed by atoms with E-state index >= 15 is 0 Å². The van der Waals surface area contributed by atoms with Crippen LogP contribution >= 0.6 is 11.3 Å². The third kappa shape index (κ3) is 2.11. The van der Waals surface area contributed by atoms with Crippen LogP contribution in [0.15, 0.2) is 23.8 Å². The quantitative estimate of drug-likeness (QED) is 0.673. The lowest BCUT2D eigenvalue weighted by Gasteiger charge is -2.27. The molecule has 23 heavy (non-hydrogen) atoms. The molecule has 0 fully saturated rings. The van der Waals surface area contributed by atoms with Gasteiger partial charge < -0.3 is 5.32 Å². The number of benzene rings is 1. The van der Waals surface area contributed by atoms with Crippen molar-refractivity contribution < 1.29 is 0 Å². The van der Waals surface area contributed by atoms with Crippen molar-refractivity contribution >= 4 is 22.6 Å². The van der Waals surface area contributed by atoms with E-state index in [9.17, 15) is 0 Å². The Kier molecular flexibility index (Phi) is 3.42. The molecule has 2 unspecified atom stereocenters. The van der Waals surface area contributed by atoms with Gasteiger partial charge in [-0.25, -0.2) is 0 Å². The number of anilines is 1. The van der Waals surface area contributed by atoms with Gasteiger partial charge in [-0.3, -0.25) is 0 Å². The molecule has 4 rings (SSSR count). The van der Waals surface area contributed by atoms with Gasteiger partial charge >= 0.3 is 0 Å². The summed E-state index contributed by atoms with van der Waals surface area (Å²) < 4.78 is 0. The van der Waals surface area contributed by atoms with E-state index in [-0.39, 0.29) is 0 Å². The maximum atomic E-state index is 3.76. The highest BCUT2D eigenvalue weighted by molar-refractivity contribution is 7.13. The third-order valence-corrected chi connectivity index (χ3v) is 7.03. The van der Waals surface area contributed by atoms with Gasteiger partial charge in [0.1, 0.15) is 0 Å². The van der Waals surface area contributed by atoms with Crippen LogP contribution in [0.1, 0.15) is 65.1 Å². The molecule has 0 saturated carbocycles. The second-order valence-electron chi connectivity index (χ2n) is 7.23. The van der Waals surface area contributed by atoms with Gasteiger partial charge in [0.05, 0.1) is 0 Å². The molecule has 120 valence electrons. The first-order chi connectivity index (χ1) is 11.0. The summed E-state index contributed by atoms with van der Waals surface area (Å²) in [6.07, 6.45) is 2.42. The molecular formula is C21H25NS. The number of rotatable bonds is 1. The van der Waals surface area contributed by atoms with Gasteiger partial charge in [-0.15, -0.1) is 11.3 Å². The minimum atomic E-state index is 0.543. The molecule has 1 aromatic carbocycles. The van der Waals surface area contributed by atoms with Crippen LogP contribution < -0.4 is 5.32 Å². The molecule has 2 atom stereocenters. The summed E-state index contributed by atoms with van der Waals surface area (Å²) in [5, 5.41) is 3.76. The van der Waals surface area contributed by atoms with Crippen LogP contribution in [0.3, 0.4) is 0 Å². The van der Waals surface area contributed by atoms with E-state index < -0.39 is 0 Å². The van der Waals surface area contributed by atoms with E-state index in [1.807, 2.05) is 11.3 Å². The maximum absolute atomic E-state index is 3.76. The van der Waals surface area contributed by atoms with E-state index in [0.29, 0.717) is 12.0 Å². The van der Waals surface area contributed by atoms with Crippen LogP contribution in [0.25, 0.3) is 5.57 Å². The predicted octanol–water partition coefficient (Wildman–Crippen LogP) is 6.05. The molecule has 1 nitrogen and oxygen atoms in total. The summed E-state index contributed by atoms with van der Waals surface area (Å²) in [6.45, 7) is 11.5. The van der Waals surface area contributed by atoms with Gasteiger partial charge in [0, 0.05) is 38.5 Å². The molecule has 1 aromatic heterocycles. The van der Waals surface area contributed by atoms with E-state index in [0.717, 1.165) is 0 Å². The Balaban J connectivity index is 1.94. The standard InChI is InChI=1S/C21H25NS/c1-11-9-10-16-7-6-8-17(20(16)22-11)19-13(3)12(2)18-14(4)15(5)23-21(18)19/h6-8,11-12,22H,9-10H2,1-5H3. The Morgan fingerprint density at radius 3 is 2.70 bits per heavy atom. The van der Waals surface area contributed by atoms with Crippen molar-refractivity contribution in [2.45, 2.75) is 59.4 Å². The van der Waals surface area contributed by atoms with Crippen molar-refractivity contribution in [3.05, 3.63) is 55.8 Å². The largest absolute Gasteiger partial charge is 0.382 e. The zero-order chi connectivity index (χ0) is 16.3. The molecular weight excluding hydrogens is 298 g/mol. The van der Waals surface area contributed by atoms with Crippen LogP contribution in [0.5, 0.6) is 0 Å². The van der Waals surface area contributed by atoms with E-state index in [1.54, 1.807) is 5.56 Å². The van der Waals surface area contributed by atoms with Gasteiger partial charge in [0.25, 0.3) is 0 Å². The van der Waals surface area contributed by atoms with Gasteiger partial charge in [-0.2, -0.15) is 0 Å². The van der Waals surface area contributed by atoms with Crippen molar-refractivity contribution in [2.24, 2.45) is 0 Å². The molecule has 0 radical (unpaired) electrons. The number of fused-ring (bicyclic) bond motifs is 2. The lowest BCUT2D eigenvalue weighted by Crippen LogP contribution is -2.23. The number of nitrogens with one attached hydrogen (secondary N) is 1.